The molecule has 0 saturated carbocycles. The molecule has 0 bridgehead atoms. The van der Waals surface area contributed by atoms with Crippen LogP contribution >= 0.6 is 0 Å². The van der Waals surface area contributed by atoms with E-state index in [1.807, 2.05) is 0 Å². The zero-order valence-electron chi connectivity index (χ0n) is 8.71. The fourth-order valence-corrected chi connectivity index (χ4v) is 1.56. The average molecular weight is 239 g/mol. The second-order valence-electron chi connectivity index (χ2n) is 3.54. The summed E-state index contributed by atoms with van der Waals surface area (Å²) in [6.07, 6.45) is -4.63. The van der Waals surface area contributed by atoms with Crippen molar-refractivity contribution in [1.82, 2.24) is 4.90 Å². The molecule has 0 aromatic heterocycles. The molecule has 0 radical (unpaired) electrons. The van der Waals surface area contributed by atoms with Gasteiger partial charge in [-0.2, -0.15) is 13.2 Å². The first kappa shape index (κ1) is 12.8. The van der Waals surface area contributed by atoms with Gasteiger partial charge in [0.15, 0.2) is 0 Å². The van der Waals surface area contributed by atoms with Gasteiger partial charge in [0.2, 0.25) is 5.91 Å². The second kappa shape index (κ2) is 4.71. The molecule has 0 N–H and O–H groups in total. The van der Waals surface area contributed by atoms with E-state index in [1.54, 1.807) is 6.92 Å². The van der Waals surface area contributed by atoms with Gasteiger partial charge >= 0.3 is 12.1 Å². The Morgan fingerprint density at radius 3 is 2.69 bits per heavy atom. The molecule has 4 nitrogen and oxygen atoms in total. The standard InChI is InChI=1S/C9H12F3NO3/c1-2-16-8(15)6-3-7(14)13(4-6)5-9(10,11)12/h6H,2-5H2,1H3. The molecule has 0 spiro atoms. The van der Waals surface area contributed by atoms with E-state index in [9.17, 15) is 22.8 Å². The smallest absolute Gasteiger partial charge is 0.406 e. The minimum atomic E-state index is -4.43. The van der Waals surface area contributed by atoms with Crippen LogP contribution in [0.25, 0.3) is 0 Å². The molecule has 92 valence electrons. The number of halogens is 3. The molecular weight excluding hydrogens is 227 g/mol. The Morgan fingerprint density at radius 2 is 2.19 bits per heavy atom. The highest BCUT2D eigenvalue weighted by molar-refractivity contribution is 5.86. The van der Waals surface area contributed by atoms with Crippen LogP contribution in [0.5, 0.6) is 0 Å². The number of carbonyl (C=O) groups is 2. The third kappa shape index (κ3) is 3.39. The van der Waals surface area contributed by atoms with Crippen LogP contribution in [-0.4, -0.2) is 42.6 Å². The van der Waals surface area contributed by atoms with Crippen molar-refractivity contribution >= 4 is 11.9 Å². The molecule has 7 heteroatoms. The minimum absolute atomic E-state index is 0.156. The van der Waals surface area contributed by atoms with Gasteiger partial charge in [0.25, 0.3) is 0 Å². The molecule has 1 amide bonds. The summed E-state index contributed by atoms with van der Waals surface area (Å²) < 4.78 is 40.8. The van der Waals surface area contributed by atoms with Crippen molar-refractivity contribution in [2.24, 2.45) is 5.92 Å². The van der Waals surface area contributed by atoms with Crippen molar-refractivity contribution in [2.45, 2.75) is 19.5 Å². The molecular formula is C9H12F3NO3. The zero-order chi connectivity index (χ0) is 12.3. The normalized spacial score (nSPS) is 21.4. The first-order chi connectivity index (χ1) is 7.33. The lowest BCUT2D eigenvalue weighted by molar-refractivity contribution is -0.158. The summed E-state index contributed by atoms with van der Waals surface area (Å²) >= 11 is 0. The van der Waals surface area contributed by atoms with E-state index in [2.05, 4.69) is 4.74 Å². The van der Waals surface area contributed by atoms with Crippen LogP contribution < -0.4 is 0 Å². The molecule has 1 rings (SSSR count). The second-order valence-corrected chi connectivity index (χ2v) is 3.54. The molecule has 1 saturated heterocycles. The van der Waals surface area contributed by atoms with Crippen molar-refractivity contribution < 1.29 is 27.5 Å². The van der Waals surface area contributed by atoms with Gasteiger partial charge in [0.05, 0.1) is 12.5 Å². The molecule has 0 aromatic rings. The van der Waals surface area contributed by atoms with Crippen LogP contribution in [0.1, 0.15) is 13.3 Å². The molecule has 1 fully saturated rings. The summed E-state index contributed by atoms with van der Waals surface area (Å²) in [5.74, 6) is -2.04. The van der Waals surface area contributed by atoms with Crippen molar-refractivity contribution in [3.63, 3.8) is 0 Å². The van der Waals surface area contributed by atoms with Crippen LogP contribution in [0.4, 0.5) is 13.2 Å². The van der Waals surface area contributed by atoms with Gasteiger partial charge in [-0.25, -0.2) is 0 Å². The Morgan fingerprint density at radius 1 is 1.56 bits per heavy atom. The number of likely N-dealkylation sites (tertiary alicyclic amines) is 1. The number of ether oxygens (including phenoxy) is 1. The van der Waals surface area contributed by atoms with Gasteiger partial charge in [-0.1, -0.05) is 0 Å². The molecule has 1 atom stereocenters. The number of hydrogen-bond donors (Lipinski definition) is 0. The molecule has 1 aliphatic heterocycles. The molecule has 16 heavy (non-hydrogen) atoms. The number of nitrogens with zero attached hydrogens (tertiary/aromatic N) is 1. The number of alkyl halides is 3. The first-order valence-corrected chi connectivity index (χ1v) is 4.84. The van der Waals surface area contributed by atoms with Crippen LogP contribution in [0.15, 0.2) is 0 Å². The van der Waals surface area contributed by atoms with Gasteiger partial charge in [-0.3, -0.25) is 9.59 Å². The van der Waals surface area contributed by atoms with Gasteiger partial charge in [0, 0.05) is 13.0 Å². The molecule has 1 heterocycles. The van der Waals surface area contributed by atoms with Gasteiger partial charge in [-0.05, 0) is 6.92 Å². The predicted molar refractivity (Wildman–Crippen MR) is 47.4 cm³/mol. The number of amides is 1. The lowest BCUT2D eigenvalue weighted by atomic mass is 10.1. The van der Waals surface area contributed by atoms with Crippen molar-refractivity contribution in [2.75, 3.05) is 19.7 Å². The van der Waals surface area contributed by atoms with Crippen LogP contribution in [0.3, 0.4) is 0 Å². The van der Waals surface area contributed by atoms with Crippen LogP contribution in [-0.2, 0) is 14.3 Å². The summed E-state index contributed by atoms with van der Waals surface area (Å²) in [6, 6.07) is 0. The van der Waals surface area contributed by atoms with Gasteiger partial charge in [0.1, 0.15) is 6.54 Å². The summed E-state index contributed by atoms with van der Waals surface area (Å²) in [7, 11) is 0. The van der Waals surface area contributed by atoms with E-state index >= 15 is 0 Å². The topological polar surface area (TPSA) is 46.6 Å². The summed E-state index contributed by atoms with van der Waals surface area (Å²) in [6.45, 7) is 0.240. The summed E-state index contributed by atoms with van der Waals surface area (Å²) in [5, 5.41) is 0. The van der Waals surface area contributed by atoms with E-state index in [-0.39, 0.29) is 19.6 Å². The van der Waals surface area contributed by atoms with Gasteiger partial charge < -0.3 is 9.64 Å². The molecule has 1 unspecified atom stereocenters. The Bertz CT molecular complexity index is 290. The SMILES string of the molecule is CCOC(=O)C1CC(=O)N(CC(F)(F)F)C1. The number of carbonyl (C=O) groups excluding carboxylic acids is 2. The summed E-state index contributed by atoms with van der Waals surface area (Å²) in [4.78, 5) is 23.0. The Labute approximate surface area is 90.3 Å². The highest BCUT2D eigenvalue weighted by Crippen LogP contribution is 2.24. The number of rotatable bonds is 3. The van der Waals surface area contributed by atoms with Crippen molar-refractivity contribution in [1.29, 1.82) is 0 Å². The maximum absolute atomic E-state index is 12.0. The van der Waals surface area contributed by atoms with E-state index in [1.165, 1.54) is 0 Å². The summed E-state index contributed by atoms with van der Waals surface area (Å²) in [5.41, 5.74) is 0. The maximum atomic E-state index is 12.0. The van der Waals surface area contributed by atoms with E-state index in [0.717, 1.165) is 0 Å². The monoisotopic (exact) mass is 239 g/mol. The molecule has 0 aromatic carbocycles. The zero-order valence-corrected chi connectivity index (χ0v) is 8.71. The highest BCUT2D eigenvalue weighted by Gasteiger charge is 2.41. The Balaban J connectivity index is 2.54. The molecule has 1 aliphatic rings. The lowest BCUT2D eigenvalue weighted by Crippen LogP contribution is -2.35. The maximum Gasteiger partial charge on any atom is 0.406 e. The Kier molecular flexibility index (Phi) is 3.77. The van der Waals surface area contributed by atoms with E-state index in [4.69, 9.17) is 0 Å². The van der Waals surface area contributed by atoms with Crippen LogP contribution in [0.2, 0.25) is 0 Å². The van der Waals surface area contributed by atoms with E-state index < -0.39 is 30.5 Å². The fourth-order valence-electron chi connectivity index (χ4n) is 1.56. The average Bonchev–Trinajstić information content (AvgIpc) is 2.45. The predicted octanol–water partition coefficient (Wildman–Crippen LogP) is 0.960. The largest absolute Gasteiger partial charge is 0.466 e. The van der Waals surface area contributed by atoms with Crippen LogP contribution in [0, 0.1) is 5.92 Å². The van der Waals surface area contributed by atoms with Crippen molar-refractivity contribution in [3.8, 4) is 0 Å². The number of hydrogen-bond acceptors (Lipinski definition) is 3. The molecule has 0 aliphatic carbocycles. The number of esters is 1. The highest BCUT2D eigenvalue weighted by atomic mass is 19.4. The van der Waals surface area contributed by atoms with Gasteiger partial charge in [-0.15, -0.1) is 0 Å². The lowest BCUT2D eigenvalue weighted by Gasteiger charge is -2.17. The third-order valence-corrected chi connectivity index (χ3v) is 2.20. The minimum Gasteiger partial charge on any atom is -0.466 e. The fraction of sp³-hybridized carbons (Fsp3) is 0.778. The van der Waals surface area contributed by atoms with E-state index in [0.29, 0.717) is 4.90 Å². The van der Waals surface area contributed by atoms with Crippen molar-refractivity contribution in [3.05, 3.63) is 0 Å². The first-order valence-electron chi connectivity index (χ1n) is 4.84. The quantitative estimate of drug-likeness (QED) is 0.689. The Hall–Kier alpha value is -1.27. The third-order valence-electron chi connectivity index (χ3n) is 2.20.